The number of hydrogen-bond donors (Lipinski definition) is 0. The van der Waals surface area contributed by atoms with E-state index in [9.17, 15) is 4.79 Å². The predicted octanol–water partition coefficient (Wildman–Crippen LogP) is 5.28. The first kappa shape index (κ1) is 17.4. The second kappa shape index (κ2) is 7.24. The summed E-state index contributed by atoms with van der Waals surface area (Å²) < 4.78 is 0. The Hall–Kier alpha value is -2.39. The lowest BCUT2D eigenvalue weighted by Gasteiger charge is -2.19. The van der Waals surface area contributed by atoms with E-state index >= 15 is 0 Å². The number of halogens is 1. The molecular formula is C21H21ClN2O. The van der Waals surface area contributed by atoms with Crippen LogP contribution in [0.3, 0.4) is 0 Å². The molecule has 1 heterocycles. The lowest BCUT2D eigenvalue weighted by atomic mass is 10.0. The Bertz CT molecular complexity index is 921. The quantitative estimate of drug-likeness (QED) is 0.639. The van der Waals surface area contributed by atoms with E-state index in [-0.39, 0.29) is 11.8 Å². The monoisotopic (exact) mass is 352 g/mol. The molecule has 128 valence electrons. The highest BCUT2D eigenvalue weighted by atomic mass is 35.5. The number of nitrogens with zero attached hydrogens (tertiary/aromatic N) is 2. The molecule has 0 atom stereocenters. The van der Waals surface area contributed by atoms with Crippen molar-refractivity contribution < 1.29 is 4.79 Å². The van der Waals surface area contributed by atoms with Gasteiger partial charge in [0, 0.05) is 29.7 Å². The first-order valence-corrected chi connectivity index (χ1v) is 8.73. The minimum Gasteiger partial charge on any atom is -0.337 e. The number of aromatic nitrogens is 1. The number of fused-ring (bicyclic) bond motifs is 1. The molecule has 0 saturated carbocycles. The van der Waals surface area contributed by atoms with Crippen molar-refractivity contribution in [2.45, 2.75) is 26.3 Å². The first-order valence-electron chi connectivity index (χ1n) is 8.35. The normalized spacial score (nSPS) is 11.1. The summed E-state index contributed by atoms with van der Waals surface area (Å²) in [6, 6.07) is 17.3. The van der Waals surface area contributed by atoms with Crippen LogP contribution in [0.15, 0.2) is 54.6 Å². The highest BCUT2D eigenvalue weighted by molar-refractivity contribution is 6.30. The van der Waals surface area contributed by atoms with Crippen LogP contribution in [0.5, 0.6) is 0 Å². The van der Waals surface area contributed by atoms with E-state index in [2.05, 4.69) is 18.8 Å². The van der Waals surface area contributed by atoms with Crippen LogP contribution < -0.4 is 0 Å². The molecular weight excluding hydrogens is 332 g/mol. The molecule has 3 nitrogen and oxygen atoms in total. The molecule has 0 N–H and O–H groups in total. The van der Waals surface area contributed by atoms with Crippen molar-refractivity contribution in [3.63, 3.8) is 0 Å². The van der Waals surface area contributed by atoms with Crippen molar-refractivity contribution in [1.29, 1.82) is 0 Å². The number of amides is 1. The van der Waals surface area contributed by atoms with Gasteiger partial charge in [-0.2, -0.15) is 0 Å². The van der Waals surface area contributed by atoms with Gasteiger partial charge >= 0.3 is 0 Å². The van der Waals surface area contributed by atoms with Gasteiger partial charge in [-0.05, 0) is 35.7 Å². The summed E-state index contributed by atoms with van der Waals surface area (Å²) >= 11 is 6.05. The summed E-state index contributed by atoms with van der Waals surface area (Å²) in [5.74, 6) is 0.245. The third-order valence-corrected chi connectivity index (χ3v) is 4.45. The van der Waals surface area contributed by atoms with Gasteiger partial charge in [0.15, 0.2) is 0 Å². The van der Waals surface area contributed by atoms with Gasteiger partial charge in [-0.15, -0.1) is 0 Å². The topological polar surface area (TPSA) is 33.2 Å². The number of carbonyl (C=O) groups excluding carboxylic acids is 1. The zero-order valence-electron chi connectivity index (χ0n) is 14.7. The molecule has 4 heteroatoms. The molecule has 25 heavy (non-hydrogen) atoms. The fourth-order valence-electron chi connectivity index (χ4n) is 2.86. The summed E-state index contributed by atoms with van der Waals surface area (Å²) in [6.07, 6.45) is 0. The smallest absolute Gasteiger partial charge is 0.254 e. The molecule has 2 aromatic carbocycles. The van der Waals surface area contributed by atoms with Gasteiger partial charge in [0.2, 0.25) is 0 Å². The summed E-state index contributed by atoms with van der Waals surface area (Å²) in [7, 11) is 1.81. The molecule has 3 rings (SSSR count). The molecule has 3 aromatic rings. The maximum absolute atomic E-state index is 13.1. The lowest BCUT2D eigenvalue weighted by molar-refractivity contribution is 0.0787. The Morgan fingerprint density at radius 2 is 1.88 bits per heavy atom. The molecule has 0 aliphatic rings. The third-order valence-electron chi connectivity index (χ3n) is 4.21. The number of pyridine rings is 1. The summed E-state index contributed by atoms with van der Waals surface area (Å²) in [5, 5.41) is 1.56. The van der Waals surface area contributed by atoms with Gasteiger partial charge < -0.3 is 4.90 Å². The molecule has 0 saturated heterocycles. The van der Waals surface area contributed by atoms with Gasteiger partial charge in [0.05, 0.1) is 11.1 Å². The number of hydrogen-bond acceptors (Lipinski definition) is 2. The lowest BCUT2D eigenvalue weighted by Crippen LogP contribution is -2.26. The predicted molar refractivity (Wildman–Crippen MR) is 103 cm³/mol. The standard InChI is InChI=1S/C21H21ClN2O/c1-14(2)20-12-18(17-9-4-5-10-19(17)23-20)21(25)24(3)13-15-7-6-8-16(22)11-15/h4-12,14H,13H2,1-3H3. The van der Waals surface area contributed by atoms with E-state index in [1.54, 1.807) is 4.90 Å². The van der Waals surface area contributed by atoms with E-state index in [4.69, 9.17) is 11.6 Å². The van der Waals surface area contributed by atoms with E-state index in [0.29, 0.717) is 17.1 Å². The zero-order chi connectivity index (χ0) is 18.0. The first-order chi connectivity index (χ1) is 12.0. The van der Waals surface area contributed by atoms with Crippen LogP contribution in [0.4, 0.5) is 0 Å². The fourth-order valence-corrected chi connectivity index (χ4v) is 3.07. The van der Waals surface area contributed by atoms with Crippen molar-refractivity contribution in [1.82, 2.24) is 9.88 Å². The Balaban J connectivity index is 1.98. The third kappa shape index (κ3) is 3.83. The average Bonchev–Trinajstić information content (AvgIpc) is 2.60. The van der Waals surface area contributed by atoms with Gasteiger partial charge in [-0.25, -0.2) is 0 Å². The number of benzene rings is 2. The van der Waals surface area contributed by atoms with E-state index in [1.807, 2.05) is 61.6 Å². The van der Waals surface area contributed by atoms with E-state index in [0.717, 1.165) is 22.2 Å². The molecule has 0 unspecified atom stereocenters. The Labute approximate surface area is 153 Å². The molecule has 0 fully saturated rings. The van der Waals surface area contributed by atoms with Gasteiger partial charge in [0.1, 0.15) is 0 Å². The van der Waals surface area contributed by atoms with Crippen molar-refractivity contribution in [3.8, 4) is 0 Å². The molecule has 1 aromatic heterocycles. The van der Waals surface area contributed by atoms with E-state index < -0.39 is 0 Å². The second-order valence-corrected chi connectivity index (χ2v) is 6.99. The molecule has 0 aliphatic heterocycles. The zero-order valence-corrected chi connectivity index (χ0v) is 15.4. The van der Waals surface area contributed by atoms with Crippen molar-refractivity contribution >= 4 is 28.4 Å². The van der Waals surface area contributed by atoms with Crippen LogP contribution in [-0.2, 0) is 6.54 Å². The molecule has 0 aliphatic carbocycles. The van der Waals surface area contributed by atoms with Gasteiger partial charge in [-0.1, -0.05) is 55.8 Å². The highest BCUT2D eigenvalue weighted by Gasteiger charge is 2.18. The average molecular weight is 353 g/mol. The van der Waals surface area contributed by atoms with Crippen molar-refractivity contribution in [3.05, 3.63) is 76.4 Å². The molecule has 0 spiro atoms. The maximum Gasteiger partial charge on any atom is 0.254 e. The number of rotatable bonds is 4. The second-order valence-electron chi connectivity index (χ2n) is 6.56. The van der Waals surface area contributed by atoms with Crippen molar-refractivity contribution in [2.24, 2.45) is 0 Å². The Morgan fingerprint density at radius 3 is 2.60 bits per heavy atom. The van der Waals surface area contributed by atoms with Crippen molar-refractivity contribution in [2.75, 3.05) is 7.05 Å². The summed E-state index contributed by atoms with van der Waals surface area (Å²) in [5.41, 5.74) is 3.48. The largest absolute Gasteiger partial charge is 0.337 e. The highest BCUT2D eigenvalue weighted by Crippen LogP contribution is 2.24. The minimum absolute atomic E-state index is 0.0134. The van der Waals surface area contributed by atoms with Crippen LogP contribution in [-0.4, -0.2) is 22.8 Å². The molecule has 1 amide bonds. The number of carbonyl (C=O) groups is 1. The van der Waals surface area contributed by atoms with Gasteiger partial charge in [-0.3, -0.25) is 9.78 Å². The molecule has 0 radical (unpaired) electrons. The van der Waals surface area contributed by atoms with Crippen LogP contribution in [0.25, 0.3) is 10.9 Å². The summed E-state index contributed by atoms with van der Waals surface area (Å²) in [4.78, 5) is 19.5. The number of para-hydroxylation sites is 1. The summed E-state index contributed by atoms with van der Waals surface area (Å²) in [6.45, 7) is 4.68. The maximum atomic E-state index is 13.1. The van der Waals surface area contributed by atoms with Crippen LogP contribution in [0.1, 0.15) is 41.4 Å². The fraction of sp³-hybridized carbons (Fsp3) is 0.238. The van der Waals surface area contributed by atoms with E-state index in [1.165, 1.54) is 0 Å². The Kier molecular flexibility index (Phi) is 5.05. The van der Waals surface area contributed by atoms with Crippen LogP contribution >= 0.6 is 11.6 Å². The van der Waals surface area contributed by atoms with Gasteiger partial charge in [0.25, 0.3) is 5.91 Å². The van der Waals surface area contributed by atoms with Crippen LogP contribution in [0, 0.1) is 0 Å². The SMILES string of the molecule is CC(C)c1cc(C(=O)N(C)Cc2cccc(Cl)c2)c2ccccc2n1. The minimum atomic E-state index is -0.0134. The Morgan fingerprint density at radius 1 is 1.12 bits per heavy atom. The molecule has 0 bridgehead atoms. The van der Waals surface area contributed by atoms with Crippen LogP contribution in [0.2, 0.25) is 5.02 Å².